The SMILES string of the molecule is CC.CC(C)C(=O)[C@H](CCCNC(N)=O)NC(=O)[C@H](CCCNC(N)=O)NC(=O)CCN1C(=O)C=CC1=O. The zero-order valence-corrected chi connectivity index (χ0v) is 22.5. The molecule has 14 nitrogen and oxygen atoms in total. The summed E-state index contributed by atoms with van der Waals surface area (Å²) in [6.07, 6.45) is 3.00. The van der Waals surface area contributed by atoms with Gasteiger partial charge in [0.15, 0.2) is 5.78 Å². The minimum absolute atomic E-state index is 0.118. The first-order valence-corrected chi connectivity index (χ1v) is 12.7. The molecule has 0 aromatic carbocycles. The van der Waals surface area contributed by atoms with Crippen LogP contribution in [0.3, 0.4) is 0 Å². The second kappa shape index (κ2) is 18.3. The summed E-state index contributed by atoms with van der Waals surface area (Å²) in [5, 5.41) is 10.0. The Bertz CT molecular complexity index is 871. The van der Waals surface area contributed by atoms with Crippen LogP contribution >= 0.6 is 0 Å². The van der Waals surface area contributed by atoms with Crippen molar-refractivity contribution in [3.63, 3.8) is 0 Å². The molecule has 8 N–H and O–H groups in total. The predicted molar refractivity (Wildman–Crippen MR) is 139 cm³/mol. The average Bonchev–Trinajstić information content (AvgIpc) is 3.18. The lowest BCUT2D eigenvalue weighted by atomic mass is 9.97. The number of carbonyl (C=O) groups excluding carboxylic acids is 7. The first kappa shape index (κ1) is 34.0. The predicted octanol–water partition coefficient (Wildman–Crippen LogP) is -0.581. The molecule has 1 heterocycles. The van der Waals surface area contributed by atoms with Gasteiger partial charge in [0.05, 0.1) is 6.04 Å². The largest absolute Gasteiger partial charge is 0.352 e. The van der Waals surface area contributed by atoms with Gasteiger partial charge in [-0.15, -0.1) is 0 Å². The van der Waals surface area contributed by atoms with Gasteiger partial charge >= 0.3 is 12.1 Å². The Kier molecular flexibility index (Phi) is 16.4. The number of rotatable bonds is 16. The van der Waals surface area contributed by atoms with Crippen LogP contribution in [0.2, 0.25) is 0 Å². The fraction of sp³-hybridized carbons (Fsp3) is 0.625. The molecule has 0 aromatic heterocycles. The highest BCUT2D eigenvalue weighted by atomic mass is 16.2. The summed E-state index contributed by atoms with van der Waals surface area (Å²) in [6, 6.07) is -3.35. The number of nitrogens with one attached hydrogen (secondary N) is 4. The van der Waals surface area contributed by atoms with E-state index in [4.69, 9.17) is 11.5 Å². The Morgan fingerprint density at radius 2 is 1.29 bits per heavy atom. The molecule has 2 atom stereocenters. The molecule has 1 aliphatic heterocycles. The van der Waals surface area contributed by atoms with E-state index < -0.39 is 47.8 Å². The molecule has 0 saturated heterocycles. The topological polar surface area (TPSA) is 223 Å². The molecule has 8 amide bonds. The zero-order chi connectivity index (χ0) is 29.3. The number of hydrogen-bond acceptors (Lipinski definition) is 7. The molecule has 14 heteroatoms. The number of hydrogen-bond donors (Lipinski definition) is 6. The monoisotopic (exact) mass is 539 g/mol. The normalized spacial score (nSPS) is 13.8. The van der Waals surface area contributed by atoms with E-state index in [1.165, 1.54) is 0 Å². The van der Waals surface area contributed by atoms with E-state index in [0.29, 0.717) is 12.8 Å². The summed E-state index contributed by atoms with van der Waals surface area (Å²) in [4.78, 5) is 84.2. The summed E-state index contributed by atoms with van der Waals surface area (Å²) in [5.74, 6) is -2.85. The molecule has 0 spiro atoms. The second-order valence-corrected chi connectivity index (χ2v) is 8.52. The maximum Gasteiger partial charge on any atom is 0.312 e. The van der Waals surface area contributed by atoms with Crippen LogP contribution in [-0.2, 0) is 24.0 Å². The second-order valence-electron chi connectivity index (χ2n) is 8.52. The van der Waals surface area contributed by atoms with Crippen molar-refractivity contribution in [3.8, 4) is 0 Å². The molecular weight excluding hydrogens is 498 g/mol. The summed E-state index contributed by atoms with van der Waals surface area (Å²) in [6.45, 7) is 7.59. The van der Waals surface area contributed by atoms with Crippen LogP contribution < -0.4 is 32.7 Å². The molecule has 0 saturated carbocycles. The van der Waals surface area contributed by atoms with Crippen LogP contribution in [0.15, 0.2) is 12.2 Å². The van der Waals surface area contributed by atoms with Gasteiger partial charge in [0, 0.05) is 44.1 Å². The van der Waals surface area contributed by atoms with Crippen LogP contribution in [0.25, 0.3) is 0 Å². The lowest BCUT2D eigenvalue weighted by molar-refractivity contribution is -0.137. The van der Waals surface area contributed by atoms with Crippen molar-refractivity contribution in [3.05, 3.63) is 12.2 Å². The highest BCUT2D eigenvalue weighted by molar-refractivity contribution is 6.13. The Morgan fingerprint density at radius 1 is 0.816 bits per heavy atom. The molecule has 0 unspecified atom stereocenters. The van der Waals surface area contributed by atoms with Crippen molar-refractivity contribution >= 4 is 41.5 Å². The van der Waals surface area contributed by atoms with E-state index in [1.54, 1.807) is 13.8 Å². The summed E-state index contributed by atoms with van der Waals surface area (Å²) in [7, 11) is 0. The van der Waals surface area contributed by atoms with Gasteiger partial charge in [-0.05, 0) is 25.7 Å². The van der Waals surface area contributed by atoms with Crippen LogP contribution in [-0.4, -0.2) is 78.1 Å². The smallest absolute Gasteiger partial charge is 0.312 e. The first-order valence-electron chi connectivity index (χ1n) is 12.7. The minimum Gasteiger partial charge on any atom is -0.352 e. The fourth-order valence-corrected chi connectivity index (χ4v) is 3.40. The van der Waals surface area contributed by atoms with E-state index in [1.807, 2.05) is 13.8 Å². The molecule has 1 aliphatic rings. The number of nitrogens with zero attached hydrogens (tertiary/aromatic N) is 1. The third kappa shape index (κ3) is 13.4. The average molecular weight is 540 g/mol. The Balaban J connectivity index is 0.00000667. The summed E-state index contributed by atoms with van der Waals surface area (Å²) in [5.41, 5.74) is 10.1. The first-order chi connectivity index (χ1) is 17.9. The van der Waals surface area contributed by atoms with Crippen LogP contribution in [0.1, 0.15) is 59.8 Å². The number of ketones is 1. The number of nitrogens with two attached hydrogens (primary N) is 2. The van der Waals surface area contributed by atoms with Gasteiger partial charge in [-0.25, -0.2) is 9.59 Å². The van der Waals surface area contributed by atoms with Gasteiger partial charge in [-0.2, -0.15) is 0 Å². The van der Waals surface area contributed by atoms with Crippen molar-refractivity contribution in [1.29, 1.82) is 0 Å². The van der Waals surface area contributed by atoms with Gasteiger partial charge in [0.25, 0.3) is 11.8 Å². The van der Waals surface area contributed by atoms with E-state index in [9.17, 15) is 33.6 Å². The van der Waals surface area contributed by atoms with Gasteiger partial charge in [-0.1, -0.05) is 27.7 Å². The van der Waals surface area contributed by atoms with E-state index in [0.717, 1.165) is 17.1 Å². The molecule has 0 aromatic rings. The Morgan fingerprint density at radius 3 is 1.74 bits per heavy atom. The highest BCUT2D eigenvalue weighted by Gasteiger charge is 2.28. The lowest BCUT2D eigenvalue weighted by Gasteiger charge is -2.24. The van der Waals surface area contributed by atoms with Crippen molar-refractivity contribution in [2.24, 2.45) is 17.4 Å². The lowest BCUT2D eigenvalue weighted by Crippen LogP contribution is -2.52. The van der Waals surface area contributed by atoms with Gasteiger partial charge in [0.2, 0.25) is 11.8 Å². The van der Waals surface area contributed by atoms with Crippen molar-refractivity contribution in [2.75, 3.05) is 19.6 Å². The molecule has 214 valence electrons. The number of amides is 8. The van der Waals surface area contributed by atoms with Gasteiger partial charge < -0.3 is 32.7 Å². The van der Waals surface area contributed by atoms with Crippen molar-refractivity contribution < 1.29 is 33.6 Å². The van der Waals surface area contributed by atoms with Crippen LogP contribution in [0.5, 0.6) is 0 Å². The third-order valence-corrected chi connectivity index (χ3v) is 5.28. The molecule has 0 fully saturated rings. The van der Waals surface area contributed by atoms with Gasteiger partial charge in [-0.3, -0.25) is 28.9 Å². The number of imide groups is 1. The molecule has 0 aliphatic carbocycles. The third-order valence-electron chi connectivity index (χ3n) is 5.28. The van der Waals surface area contributed by atoms with Crippen molar-refractivity contribution in [2.45, 2.75) is 71.9 Å². The number of primary amides is 2. The standard InChI is InChI=1S/C22H35N7O7.C2H6/c1-13(2)19(33)14(5-3-10-25-21(23)35)28-20(34)15(6-4-11-26-22(24)36)27-16(30)9-12-29-17(31)7-8-18(29)32;1-2/h7-8,13-15H,3-6,9-12H2,1-2H3,(H,27,30)(H,28,34)(H3,23,25,35)(H3,24,26,36);1-2H3/t14-,15-;/m0./s1. The van der Waals surface area contributed by atoms with Crippen LogP contribution in [0.4, 0.5) is 9.59 Å². The zero-order valence-electron chi connectivity index (χ0n) is 22.5. The molecule has 0 radical (unpaired) electrons. The fourth-order valence-electron chi connectivity index (χ4n) is 3.40. The summed E-state index contributed by atoms with van der Waals surface area (Å²) >= 11 is 0. The quantitative estimate of drug-likeness (QED) is 0.110. The minimum atomic E-state index is -1.05. The maximum absolute atomic E-state index is 13.0. The molecular formula is C24H41N7O7. The van der Waals surface area contributed by atoms with E-state index in [-0.39, 0.29) is 50.6 Å². The Labute approximate surface area is 222 Å². The number of carbonyl (C=O) groups is 7. The highest BCUT2D eigenvalue weighted by Crippen LogP contribution is 2.09. The molecule has 1 rings (SSSR count). The number of Topliss-reactive ketones (excluding diaryl/α,β-unsaturated/α-hetero) is 1. The maximum atomic E-state index is 13.0. The molecule has 0 bridgehead atoms. The number of urea groups is 2. The van der Waals surface area contributed by atoms with E-state index in [2.05, 4.69) is 21.3 Å². The van der Waals surface area contributed by atoms with Crippen LogP contribution in [0, 0.1) is 5.92 Å². The summed E-state index contributed by atoms with van der Waals surface area (Å²) < 4.78 is 0. The van der Waals surface area contributed by atoms with Gasteiger partial charge in [0.1, 0.15) is 6.04 Å². The van der Waals surface area contributed by atoms with E-state index >= 15 is 0 Å². The Hall–Kier alpha value is -3.97. The van der Waals surface area contributed by atoms with Crippen molar-refractivity contribution in [1.82, 2.24) is 26.2 Å². The molecule has 38 heavy (non-hydrogen) atoms.